The van der Waals surface area contributed by atoms with Crippen LogP contribution < -0.4 is 5.43 Å². The molecule has 0 radical (unpaired) electrons. The number of pyridine rings is 1. The number of anilines is 1. The summed E-state index contributed by atoms with van der Waals surface area (Å²) in [5, 5.41) is 4.27. The number of carbonyl (C=O) groups is 1. The minimum Gasteiger partial charge on any atom is -0.378 e. The van der Waals surface area contributed by atoms with Crippen LogP contribution in [0, 0.1) is 6.92 Å². The summed E-state index contributed by atoms with van der Waals surface area (Å²) in [6, 6.07) is 19.6. The number of rotatable bonds is 5. The average molecular weight is 400 g/mol. The van der Waals surface area contributed by atoms with Crippen LogP contribution in [0.4, 0.5) is 5.82 Å². The molecule has 0 unspecified atom stereocenters. The Hall–Kier alpha value is -3.51. The van der Waals surface area contributed by atoms with Crippen LogP contribution in [0.15, 0.2) is 72.0 Å². The maximum Gasteiger partial charge on any atom is 0.254 e. The second kappa shape index (κ2) is 9.33. The van der Waals surface area contributed by atoms with Crippen LogP contribution in [0.25, 0.3) is 11.1 Å². The molecule has 152 valence electrons. The van der Waals surface area contributed by atoms with Crippen LogP contribution in [0.1, 0.15) is 21.5 Å². The van der Waals surface area contributed by atoms with Gasteiger partial charge in [-0.15, -0.1) is 0 Å². The van der Waals surface area contributed by atoms with Crippen molar-refractivity contribution in [2.24, 2.45) is 5.10 Å². The van der Waals surface area contributed by atoms with E-state index in [4.69, 9.17) is 4.74 Å². The van der Waals surface area contributed by atoms with Gasteiger partial charge >= 0.3 is 0 Å². The average Bonchev–Trinajstić information content (AvgIpc) is 2.81. The first-order valence-electron chi connectivity index (χ1n) is 9.99. The number of benzene rings is 2. The Morgan fingerprint density at radius 1 is 1.07 bits per heavy atom. The van der Waals surface area contributed by atoms with Crippen LogP contribution in [-0.4, -0.2) is 48.3 Å². The molecule has 1 fully saturated rings. The van der Waals surface area contributed by atoms with Gasteiger partial charge in [0.25, 0.3) is 5.91 Å². The fraction of sp³-hybridized carbons (Fsp3) is 0.208. The van der Waals surface area contributed by atoms with E-state index in [-0.39, 0.29) is 5.91 Å². The molecule has 1 aliphatic heterocycles. The van der Waals surface area contributed by atoms with Gasteiger partial charge in [-0.1, -0.05) is 36.4 Å². The minimum absolute atomic E-state index is 0.0388. The topological polar surface area (TPSA) is 66.8 Å². The Kier molecular flexibility index (Phi) is 6.15. The first kappa shape index (κ1) is 19.8. The molecule has 2 heterocycles. The van der Waals surface area contributed by atoms with E-state index in [1.165, 1.54) is 0 Å². The number of morpholine rings is 1. The van der Waals surface area contributed by atoms with Crippen molar-refractivity contribution in [3.05, 3.63) is 83.6 Å². The minimum atomic E-state index is 0.0388. The zero-order valence-electron chi connectivity index (χ0n) is 16.9. The number of nitrogens with zero attached hydrogens (tertiary/aromatic N) is 3. The lowest BCUT2D eigenvalue weighted by atomic mass is 10.0. The van der Waals surface area contributed by atoms with Crippen molar-refractivity contribution in [3.63, 3.8) is 0 Å². The summed E-state index contributed by atoms with van der Waals surface area (Å²) < 4.78 is 5.33. The Bertz CT molecular complexity index is 1040. The zero-order chi connectivity index (χ0) is 20.8. The summed E-state index contributed by atoms with van der Waals surface area (Å²) in [7, 11) is 0. The third-order valence-electron chi connectivity index (χ3n) is 5.08. The highest BCUT2D eigenvalue weighted by atomic mass is 16.5. The van der Waals surface area contributed by atoms with Gasteiger partial charge in [-0.25, -0.2) is 4.98 Å². The molecule has 1 saturated heterocycles. The number of ether oxygens (including phenoxy) is 1. The lowest BCUT2D eigenvalue weighted by Gasteiger charge is -2.27. The molecule has 0 aliphatic carbocycles. The van der Waals surface area contributed by atoms with Crippen molar-refractivity contribution in [2.45, 2.75) is 6.92 Å². The normalized spacial score (nSPS) is 14.1. The number of hydrogen-bond donors (Lipinski definition) is 1. The van der Waals surface area contributed by atoms with Gasteiger partial charge in [-0.05, 0) is 47.9 Å². The molecule has 2 aromatic carbocycles. The Balaban J connectivity index is 1.44. The van der Waals surface area contributed by atoms with Crippen LogP contribution in [0.2, 0.25) is 0 Å². The Morgan fingerprint density at radius 2 is 1.90 bits per heavy atom. The molecule has 6 heteroatoms. The van der Waals surface area contributed by atoms with Gasteiger partial charge in [-0.2, -0.15) is 5.10 Å². The first-order valence-corrected chi connectivity index (χ1v) is 9.99. The molecule has 30 heavy (non-hydrogen) atoms. The van der Waals surface area contributed by atoms with Crippen molar-refractivity contribution in [1.82, 2.24) is 9.88 Å². The second-order valence-corrected chi connectivity index (χ2v) is 7.14. The summed E-state index contributed by atoms with van der Waals surface area (Å²) in [6.45, 7) is 4.50. The molecule has 0 spiro atoms. The van der Waals surface area contributed by atoms with Crippen LogP contribution in [0.3, 0.4) is 0 Å². The van der Waals surface area contributed by atoms with Crippen molar-refractivity contribution >= 4 is 17.9 Å². The third-order valence-corrected chi connectivity index (χ3v) is 5.08. The molecular formula is C24H24N4O2. The van der Waals surface area contributed by atoms with Gasteiger partial charge in [-0.3, -0.25) is 10.2 Å². The van der Waals surface area contributed by atoms with Gasteiger partial charge in [0.15, 0.2) is 0 Å². The van der Waals surface area contributed by atoms with Crippen molar-refractivity contribution in [3.8, 4) is 11.1 Å². The number of hydrogen-bond acceptors (Lipinski definition) is 5. The summed E-state index contributed by atoms with van der Waals surface area (Å²) in [5.41, 5.74) is 7.76. The highest BCUT2D eigenvalue weighted by Crippen LogP contribution is 2.22. The molecule has 0 saturated carbocycles. The zero-order valence-corrected chi connectivity index (χ0v) is 16.9. The standard InChI is InChI=1S/C24H24N4O2/c1-18-5-2-3-6-21(18)17-26-27-23-10-9-22(16-25-23)19-7-4-8-20(15-19)24(29)28-11-13-30-14-12-28/h2-10,15-17H,11-14H2,1H3,(H,25,27)/b26-17+. The third kappa shape index (κ3) is 4.72. The monoisotopic (exact) mass is 400 g/mol. The predicted molar refractivity (Wildman–Crippen MR) is 119 cm³/mol. The quantitative estimate of drug-likeness (QED) is 0.520. The second-order valence-electron chi connectivity index (χ2n) is 7.14. The van der Waals surface area contributed by atoms with Gasteiger partial charge in [0.1, 0.15) is 5.82 Å². The molecule has 3 aromatic rings. The molecule has 4 rings (SSSR count). The largest absolute Gasteiger partial charge is 0.378 e. The SMILES string of the molecule is Cc1ccccc1/C=N/Nc1ccc(-c2cccc(C(=O)N3CCOCC3)c2)cn1. The van der Waals surface area contributed by atoms with E-state index in [1.807, 2.05) is 72.5 Å². The van der Waals surface area contributed by atoms with Crippen molar-refractivity contribution in [2.75, 3.05) is 31.7 Å². The fourth-order valence-corrected chi connectivity index (χ4v) is 3.31. The number of carbonyl (C=O) groups excluding carboxylic acids is 1. The maximum atomic E-state index is 12.7. The van der Waals surface area contributed by atoms with Crippen molar-refractivity contribution in [1.29, 1.82) is 0 Å². The summed E-state index contributed by atoms with van der Waals surface area (Å²) in [5.74, 6) is 0.695. The molecule has 1 aliphatic rings. The van der Waals surface area contributed by atoms with Gasteiger partial charge in [0.2, 0.25) is 0 Å². The number of aromatic nitrogens is 1. The molecule has 0 atom stereocenters. The first-order chi connectivity index (χ1) is 14.7. The number of aryl methyl sites for hydroxylation is 1. The lowest BCUT2D eigenvalue weighted by Crippen LogP contribution is -2.40. The van der Waals surface area contributed by atoms with E-state index in [0.29, 0.717) is 37.7 Å². The highest BCUT2D eigenvalue weighted by Gasteiger charge is 2.18. The van der Waals surface area contributed by atoms with E-state index >= 15 is 0 Å². The smallest absolute Gasteiger partial charge is 0.254 e. The summed E-state index contributed by atoms with van der Waals surface area (Å²) in [6.07, 6.45) is 3.57. The molecule has 6 nitrogen and oxygen atoms in total. The van der Waals surface area contributed by atoms with Gasteiger partial charge in [0, 0.05) is 30.4 Å². The van der Waals surface area contributed by atoms with E-state index in [0.717, 1.165) is 22.3 Å². The Morgan fingerprint density at radius 3 is 2.67 bits per heavy atom. The number of hydrazone groups is 1. The van der Waals surface area contributed by atoms with Crippen LogP contribution in [-0.2, 0) is 4.74 Å². The summed E-state index contributed by atoms with van der Waals surface area (Å²) >= 11 is 0. The van der Waals surface area contributed by atoms with Crippen molar-refractivity contribution < 1.29 is 9.53 Å². The molecule has 1 amide bonds. The van der Waals surface area contributed by atoms with Gasteiger partial charge < -0.3 is 9.64 Å². The number of amides is 1. The molecule has 1 aromatic heterocycles. The highest BCUT2D eigenvalue weighted by molar-refractivity contribution is 5.95. The van der Waals surface area contributed by atoms with E-state index in [2.05, 4.69) is 15.5 Å². The lowest BCUT2D eigenvalue weighted by molar-refractivity contribution is 0.0303. The molecule has 0 bridgehead atoms. The van der Waals surface area contributed by atoms with Crippen LogP contribution >= 0.6 is 0 Å². The predicted octanol–water partition coefficient (Wildman–Crippen LogP) is 3.98. The van der Waals surface area contributed by atoms with E-state index < -0.39 is 0 Å². The molecule has 1 N–H and O–H groups in total. The van der Waals surface area contributed by atoms with Crippen LogP contribution in [0.5, 0.6) is 0 Å². The maximum absolute atomic E-state index is 12.7. The fourth-order valence-electron chi connectivity index (χ4n) is 3.31. The number of nitrogens with one attached hydrogen (secondary N) is 1. The van der Waals surface area contributed by atoms with Gasteiger partial charge in [0.05, 0.1) is 19.4 Å². The Labute approximate surface area is 176 Å². The summed E-state index contributed by atoms with van der Waals surface area (Å²) in [4.78, 5) is 19.0. The van der Waals surface area contributed by atoms with E-state index in [1.54, 1.807) is 12.4 Å². The molecular weight excluding hydrogens is 376 g/mol. The van der Waals surface area contributed by atoms with E-state index in [9.17, 15) is 4.79 Å².